The van der Waals surface area contributed by atoms with Crippen LogP contribution in [0.2, 0.25) is 0 Å². The Morgan fingerprint density at radius 1 is 1.47 bits per heavy atom. The van der Waals surface area contributed by atoms with Crippen molar-refractivity contribution in [3.05, 3.63) is 28.0 Å². The van der Waals surface area contributed by atoms with Gasteiger partial charge in [0, 0.05) is 5.56 Å². The van der Waals surface area contributed by atoms with E-state index < -0.39 is 24.1 Å². The lowest BCUT2D eigenvalue weighted by molar-refractivity contribution is -0.139. The third-order valence-electron chi connectivity index (χ3n) is 1.90. The Hall–Kier alpha value is -1.24. The van der Waals surface area contributed by atoms with Crippen molar-refractivity contribution < 1.29 is 27.4 Å². The van der Waals surface area contributed by atoms with Gasteiger partial charge in [-0.2, -0.15) is 8.78 Å². The highest BCUT2D eigenvalue weighted by molar-refractivity contribution is 9.10. The van der Waals surface area contributed by atoms with Crippen molar-refractivity contribution in [2.45, 2.75) is 13.0 Å². The molecule has 0 aliphatic carbocycles. The van der Waals surface area contributed by atoms with E-state index in [9.17, 15) is 18.0 Å². The van der Waals surface area contributed by atoms with Crippen LogP contribution in [0.15, 0.2) is 16.6 Å². The molecule has 0 bridgehead atoms. The Labute approximate surface area is 104 Å². The van der Waals surface area contributed by atoms with E-state index in [1.165, 1.54) is 12.1 Å². The molecule has 0 spiro atoms. The highest BCUT2D eigenvalue weighted by Gasteiger charge is 2.18. The molecule has 0 saturated heterocycles. The molecule has 94 valence electrons. The van der Waals surface area contributed by atoms with Crippen LogP contribution in [0.1, 0.15) is 5.56 Å². The number of esters is 1. The molecule has 0 aromatic heterocycles. The second-order valence-electron chi connectivity index (χ2n) is 2.98. The Balaban J connectivity index is 3.05. The summed E-state index contributed by atoms with van der Waals surface area (Å²) in [7, 11) is 1.15. The smallest absolute Gasteiger partial charge is 0.387 e. The zero-order valence-electron chi connectivity index (χ0n) is 8.68. The van der Waals surface area contributed by atoms with Crippen molar-refractivity contribution >= 4 is 21.9 Å². The number of halogens is 4. The van der Waals surface area contributed by atoms with Gasteiger partial charge in [-0.15, -0.1) is 0 Å². The molecule has 0 heterocycles. The molecule has 7 heteroatoms. The van der Waals surface area contributed by atoms with E-state index in [1.807, 2.05) is 0 Å². The largest absolute Gasteiger partial charge is 0.469 e. The number of hydrogen-bond acceptors (Lipinski definition) is 3. The first-order valence-corrected chi connectivity index (χ1v) is 5.23. The molecule has 0 aliphatic rings. The first kappa shape index (κ1) is 13.8. The topological polar surface area (TPSA) is 35.5 Å². The second-order valence-corrected chi connectivity index (χ2v) is 3.84. The Morgan fingerprint density at radius 2 is 2.12 bits per heavy atom. The van der Waals surface area contributed by atoms with Gasteiger partial charge in [0.2, 0.25) is 0 Å². The first-order chi connectivity index (χ1) is 7.95. The summed E-state index contributed by atoms with van der Waals surface area (Å²) in [5.41, 5.74) is -0.0734. The normalized spacial score (nSPS) is 10.5. The van der Waals surface area contributed by atoms with Crippen LogP contribution in [0.25, 0.3) is 0 Å². The van der Waals surface area contributed by atoms with E-state index in [2.05, 4.69) is 25.4 Å². The lowest BCUT2D eigenvalue weighted by Gasteiger charge is -2.10. The highest BCUT2D eigenvalue weighted by atomic mass is 79.9. The van der Waals surface area contributed by atoms with Crippen LogP contribution in [-0.4, -0.2) is 19.7 Å². The molecular weight excluding hydrogens is 305 g/mol. The fraction of sp³-hybridized carbons (Fsp3) is 0.300. The van der Waals surface area contributed by atoms with E-state index in [1.54, 1.807) is 0 Å². The molecule has 0 unspecified atom stereocenters. The maximum Gasteiger partial charge on any atom is 0.387 e. The zero-order valence-corrected chi connectivity index (χ0v) is 10.3. The van der Waals surface area contributed by atoms with E-state index in [0.29, 0.717) is 0 Å². The molecule has 1 rings (SSSR count). The molecule has 0 amide bonds. The molecule has 17 heavy (non-hydrogen) atoms. The summed E-state index contributed by atoms with van der Waals surface area (Å²) in [6.07, 6.45) is -0.352. The predicted octanol–water partition coefficient (Wildman–Crippen LogP) is 2.91. The monoisotopic (exact) mass is 312 g/mol. The van der Waals surface area contributed by atoms with Crippen molar-refractivity contribution in [2.24, 2.45) is 0 Å². The maximum absolute atomic E-state index is 13.7. The van der Waals surface area contributed by atoms with Crippen molar-refractivity contribution in [3.8, 4) is 5.75 Å². The van der Waals surface area contributed by atoms with Crippen LogP contribution in [-0.2, 0) is 16.0 Å². The Morgan fingerprint density at radius 3 is 2.65 bits per heavy atom. The van der Waals surface area contributed by atoms with Crippen molar-refractivity contribution in [1.82, 2.24) is 0 Å². The molecule has 0 N–H and O–H groups in total. The number of methoxy groups -OCH3 is 1. The summed E-state index contributed by atoms with van der Waals surface area (Å²) >= 11 is 2.88. The molecule has 0 saturated carbocycles. The van der Waals surface area contributed by atoms with Crippen LogP contribution in [0.3, 0.4) is 0 Å². The average molecular weight is 313 g/mol. The summed E-state index contributed by atoms with van der Waals surface area (Å²) in [5, 5.41) is 0. The van der Waals surface area contributed by atoms with Gasteiger partial charge in [0.05, 0.1) is 18.0 Å². The number of benzene rings is 1. The van der Waals surface area contributed by atoms with E-state index >= 15 is 0 Å². The number of rotatable bonds is 4. The summed E-state index contributed by atoms with van der Waals surface area (Å²) in [6, 6.07) is 2.60. The molecular formula is C10H8BrF3O3. The summed E-state index contributed by atoms with van der Waals surface area (Å²) < 4.78 is 46.2. The fourth-order valence-electron chi connectivity index (χ4n) is 1.13. The van der Waals surface area contributed by atoms with Crippen LogP contribution in [0.4, 0.5) is 13.2 Å². The van der Waals surface area contributed by atoms with Gasteiger partial charge in [0.1, 0.15) is 0 Å². The molecule has 0 atom stereocenters. The molecule has 1 aromatic rings. The van der Waals surface area contributed by atoms with Gasteiger partial charge in [-0.1, -0.05) is 6.07 Å². The summed E-state index contributed by atoms with van der Waals surface area (Å²) in [5.74, 6) is -2.30. The molecule has 0 radical (unpaired) electrons. The summed E-state index contributed by atoms with van der Waals surface area (Å²) in [4.78, 5) is 11.0. The van der Waals surface area contributed by atoms with Crippen molar-refractivity contribution in [2.75, 3.05) is 7.11 Å². The van der Waals surface area contributed by atoms with Crippen LogP contribution in [0.5, 0.6) is 5.75 Å². The predicted molar refractivity (Wildman–Crippen MR) is 56.5 cm³/mol. The number of carbonyl (C=O) groups is 1. The van der Waals surface area contributed by atoms with Gasteiger partial charge in [0.15, 0.2) is 11.6 Å². The molecule has 1 aromatic carbocycles. The molecule has 3 nitrogen and oxygen atoms in total. The standard InChI is InChI=1S/C10H8BrF3O3/c1-16-7(15)4-5-2-3-6(11)9(8(5)12)17-10(13)14/h2-3,10H,4H2,1H3. The average Bonchev–Trinajstić information content (AvgIpc) is 2.27. The Bertz CT molecular complexity index is 424. The van der Waals surface area contributed by atoms with Gasteiger partial charge in [-0.3, -0.25) is 4.79 Å². The Kier molecular flexibility index (Phi) is 4.80. The van der Waals surface area contributed by atoms with Gasteiger partial charge in [-0.05, 0) is 22.0 Å². The lowest BCUT2D eigenvalue weighted by Crippen LogP contribution is -2.09. The maximum atomic E-state index is 13.7. The van der Waals surface area contributed by atoms with Gasteiger partial charge in [0.25, 0.3) is 0 Å². The third kappa shape index (κ3) is 3.62. The lowest BCUT2D eigenvalue weighted by atomic mass is 10.1. The fourth-order valence-corrected chi connectivity index (χ4v) is 1.53. The van der Waals surface area contributed by atoms with Gasteiger partial charge in [-0.25, -0.2) is 4.39 Å². The van der Waals surface area contributed by atoms with Crippen molar-refractivity contribution in [3.63, 3.8) is 0 Å². The quantitative estimate of drug-likeness (QED) is 0.802. The number of carbonyl (C=O) groups excluding carboxylic acids is 1. The molecule has 0 fully saturated rings. The molecule has 0 aliphatic heterocycles. The van der Waals surface area contributed by atoms with Gasteiger partial charge >= 0.3 is 12.6 Å². The third-order valence-corrected chi connectivity index (χ3v) is 2.52. The van der Waals surface area contributed by atoms with Crippen LogP contribution >= 0.6 is 15.9 Å². The number of hydrogen-bond donors (Lipinski definition) is 0. The minimum atomic E-state index is -3.14. The highest BCUT2D eigenvalue weighted by Crippen LogP contribution is 2.31. The van der Waals surface area contributed by atoms with Gasteiger partial charge < -0.3 is 9.47 Å². The van der Waals surface area contributed by atoms with E-state index in [-0.39, 0.29) is 16.5 Å². The SMILES string of the molecule is COC(=O)Cc1ccc(Br)c(OC(F)F)c1F. The first-order valence-electron chi connectivity index (χ1n) is 4.44. The minimum Gasteiger partial charge on any atom is -0.469 e. The summed E-state index contributed by atoms with van der Waals surface area (Å²) in [6.45, 7) is -3.14. The van der Waals surface area contributed by atoms with Crippen LogP contribution in [0, 0.1) is 5.82 Å². The van der Waals surface area contributed by atoms with Crippen molar-refractivity contribution in [1.29, 1.82) is 0 Å². The van der Waals surface area contributed by atoms with E-state index in [0.717, 1.165) is 7.11 Å². The second kappa shape index (κ2) is 5.90. The van der Waals surface area contributed by atoms with E-state index in [4.69, 9.17) is 0 Å². The zero-order chi connectivity index (χ0) is 13.0. The minimum absolute atomic E-state index is 0.0453. The number of alkyl halides is 2. The van der Waals surface area contributed by atoms with Crippen LogP contribution < -0.4 is 4.74 Å². The number of ether oxygens (including phenoxy) is 2.